The highest BCUT2D eigenvalue weighted by molar-refractivity contribution is 7.49. The number of anilines is 1. The third kappa shape index (κ3) is 5.08. The van der Waals surface area contributed by atoms with Crippen molar-refractivity contribution < 1.29 is 39.5 Å². The fraction of sp³-hybridized carbons (Fsp3) is 0.368. The SMILES string of the molecule is Nc1ncnc2c1ncn2[C@@H]1O[C@H](COP(=O)([O-])NC(=O)C([NH3+])Cc2ccccc2)[C@@H](O)[C@H]1O. The number of nitrogens with two attached hydrogens (primary N) is 1. The van der Waals surface area contributed by atoms with Crippen LogP contribution in [0.4, 0.5) is 5.82 Å². The number of hydrogen-bond donors (Lipinski definition) is 5. The molecule has 1 amide bonds. The van der Waals surface area contributed by atoms with Crippen molar-refractivity contribution in [1.29, 1.82) is 0 Å². The summed E-state index contributed by atoms with van der Waals surface area (Å²) in [6, 6.07) is 8.12. The maximum atomic E-state index is 12.3. The number of carbonyl (C=O) groups is 1. The predicted octanol–water partition coefficient (Wildman–Crippen LogP) is -2.52. The fourth-order valence-electron chi connectivity index (χ4n) is 3.57. The minimum Gasteiger partial charge on any atom is -0.762 e. The molecule has 2 unspecified atom stereocenters. The molecule has 6 atom stereocenters. The number of quaternary nitrogens is 1. The van der Waals surface area contributed by atoms with Gasteiger partial charge in [-0.3, -0.25) is 19.0 Å². The molecule has 15 heteroatoms. The first-order chi connectivity index (χ1) is 16.2. The summed E-state index contributed by atoms with van der Waals surface area (Å²) < 4.78 is 24.1. The Morgan fingerprint density at radius 1 is 1.29 bits per heavy atom. The maximum absolute atomic E-state index is 12.3. The number of amides is 1. The highest BCUT2D eigenvalue weighted by Crippen LogP contribution is 2.36. The smallest absolute Gasteiger partial charge is 0.284 e. The number of benzene rings is 1. The Kier molecular flexibility index (Phi) is 6.91. The van der Waals surface area contributed by atoms with Gasteiger partial charge < -0.3 is 35.8 Å². The number of aliphatic hydroxyl groups is 2. The van der Waals surface area contributed by atoms with E-state index in [4.69, 9.17) is 15.0 Å². The molecule has 0 saturated carbocycles. The summed E-state index contributed by atoms with van der Waals surface area (Å²) in [5, 5.41) is 22.6. The zero-order valence-corrected chi connectivity index (χ0v) is 18.7. The standard InChI is InChI=1S/C19H24N7O7P/c20-11(6-10-4-2-1-3-5-10)18(29)25-34(30,31)32-7-12-14(27)15(28)19(33-12)26-9-24-13-16(21)22-8-23-17(13)26/h1-5,8-9,11-12,14-15,19,27-28H,6-7,20H2,(H2,21,22,23)(H2,25,29,30,31)/t11?,12-,14-,15-,19-/m1/s1. The van der Waals surface area contributed by atoms with Gasteiger partial charge in [0, 0.05) is 6.42 Å². The number of aromatic nitrogens is 4. The van der Waals surface area contributed by atoms with E-state index in [1.165, 1.54) is 17.2 Å². The molecule has 8 N–H and O–H groups in total. The van der Waals surface area contributed by atoms with Crippen LogP contribution in [0, 0.1) is 0 Å². The average Bonchev–Trinajstić information content (AvgIpc) is 3.35. The molecule has 1 aliphatic rings. The van der Waals surface area contributed by atoms with Crippen molar-refractivity contribution in [1.82, 2.24) is 24.6 Å². The molecule has 0 aliphatic carbocycles. The van der Waals surface area contributed by atoms with Gasteiger partial charge in [-0.1, -0.05) is 30.3 Å². The summed E-state index contributed by atoms with van der Waals surface area (Å²) in [7, 11) is -4.85. The highest BCUT2D eigenvalue weighted by atomic mass is 31.2. The van der Waals surface area contributed by atoms with E-state index in [-0.39, 0.29) is 23.4 Å². The predicted molar refractivity (Wildman–Crippen MR) is 114 cm³/mol. The first-order valence-corrected chi connectivity index (χ1v) is 11.8. The number of carbonyl (C=O) groups excluding carboxylic acids is 1. The number of hydrogen-bond acceptors (Lipinski definition) is 11. The second-order valence-corrected chi connectivity index (χ2v) is 9.26. The van der Waals surface area contributed by atoms with Gasteiger partial charge in [-0.05, 0) is 5.56 Å². The third-order valence-electron chi connectivity index (χ3n) is 5.35. The average molecular weight is 493 g/mol. The quantitative estimate of drug-likeness (QED) is 0.206. The van der Waals surface area contributed by atoms with E-state index in [0.717, 1.165) is 5.56 Å². The summed E-state index contributed by atoms with van der Waals surface area (Å²) in [6.45, 7) is -0.653. The van der Waals surface area contributed by atoms with Crippen LogP contribution in [0.5, 0.6) is 0 Å². The van der Waals surface area contributed by atoms with Crippen molar-refractivity contribution >= 4 is 30.6 Å². The molecule has 4 rings (SSSR count). The molecule has 182 valence electrons. The Hall–Kier alpha value is -2.97. The summed E-state index contributed by atoms with van der Waals surface area (Å²) in [5.74, 6) is -0.717. The number of imidazole rings is 1. The molecule has 1 aromatic carbocycles. The second-order valence-electron chi connectivity index (χ2n) is 7.79. The third-order valence-corrected chi connectivity index (χ3v) is 6.33. The van der Waals surface area contributed by atoms with Crippen LogP contribution in [0.25, 0.3) is 11.2 Å². The van der Waals surface area contributed by atoms with Gasteiger partial charge in [-0.25, -0.2) is 15.0 Å². The van der Waals surface area contributed by atoms with Gasteiger partial charge >= 0.3 is 0 Å². The highest BCUT2D eigenvalue weighted by Gasteiger charge is 2.45. The lowest BCUT2D eigenvalue weighted by molar-refractivity contribution is -0.403. The van der Waals surface area contributed by atoms with Crippen LogP contribution in [0.3, 0.4) is 0 Å². The van der Waals surface area contributed by atoms with Gasteiger partial charge in [-0.2, -0.15) is 0 Å². The summed E-state index contributed by atoms with van der Waals surface area (Å²) in [5.41, 5.74) is 10.8. The van der Waals surface area contributed by atoms with Crippen molar-refractivity contribution in [3.63, 3.8) is 0 Å². The Morgan fingerprint density at radius 2 is 2.03 bits per heavy atom. The van der Waals surface area contributed by atoms with E-state index >= 15 is 0 Å². The van der Waals surface area contributed by atoms with Crippen LogP contribution in [0.15, 0.2) is 43.0 Å². The van der Waals surface area contributed by atoms with E-state index in [1.54, 1.807) is 24.3 Å². The lowest BCUT2D eigenvalue weighted by Gasteiger charge is -2.26. The van der Waals surface area contributed by atoms with Crippen LogP contribution in [-0.4, -0.2) is 66.6 Å². The van der Waals surface area contributed by atoms with E-state index in [0.29, 0.717) is 0 Å². The normalized spacial score (nSPS) is 25.2. The molecular weight excluding hydrogens is 469 g/mol. The first-order valence-electron chi connectivity index (χ1n) is 10.3. The van der Waals surface area contributed by atoms with Gasteiger partial charge in [0.25, 0.3) is 5.91 Å². The Bertz CT molecular complexity index is 1210. The number of fused-ring (bicyclic) bond motifs is 1. The van der Waals surface area contributed by atoms with E-state index in [1.807, 2.05) is 11.2 Å². The van der Waals surface area contributed by atoms with E-state index in [2.05, 4.69) is 20.7 Å². The van der Waals surface area contributed by atoms with Crippen molar-refractivity contribution in [2.45, 2.75) is 37.0 Å². The van der Waals surface area contributed by atoms with Gasteiger partial charge in [0.2, 0.25) is 7.75 Å². The van der Waals surface area contributed by atoms with Crippen LogP contribution in [0.2, 0.25) is 0 Å². The number of nitrogens with one attached hydrogen (secondary N) is 1. The molecule has 1 aliphatic heterocycles. The van der Waals surface area contributed by atoms with E-state index < -0.39 is 50.8 Å². The minimum atomic E-state index is -4.85. The molecular formula is C19H24N7O7P. The van der Waals surface area contributed by atoms with Crippen molar-refractivity contribution in [3.8, 4) is 0 Å². The van der Waals surface area contributed by atoms with Gasteiger partial charge in [0.1, 0.15) is 30.2 Å². The summed E-state index contributed by atoms with van der Waals surface area (Å²) >= 11 is 0. The maximum Gasteiger partial charge on any atom is 0.284 e. The van der Waals surface area contributed by atoms with Crippen molar-refractivity contribution in [2.24, 2.45) is 0 Å². The number of rotatable bonds is 8. The Balaban J connectivity index is 1.36. The topological polar surface area (TPSA) is 225 Å². The molecule has 0 spiro atoms. The molecule has 14 nitrogen and oxygen atoms in total. The molecule has 1 saturated heterocycles. The number of nitrogens with zero attached hydrogens (tertiary/aromatic N) is 4. The second kappa shape index (κ2) is 9.72. The number of ether oxygens (including phenoxy) is 1. The van der Waals surface area contributed by atoms with Crippen LogP contribution in [-0.2, 0) is 25.0 Å². The molecule has 1 fully saturated rings. The number of nitrogen functional groups attached to an aromatic ring is 1. The van der Waals surface area contributed by atoms with Gasteiger partial charge in [0.05, 0.1) is 12.9 Å². The summed E-state index contributed by atoms with van der Waals surface area (Å²) in [4.78, 5) is 36.5. The fourth-order valence-corrected chi connectivity index (χ4v) is 4.43. The lowest BCUT2D eigenvalue weighted by atomic mass is 10.1. The molecule has 3 heterocycles. The molecule has 2 aromatic heterocycles. The van der Waals surface area contributed by atoms with Gasteiger partial charge in [0.15, 0.2) is 23.7 Å². The van der Waals surface area contributed by atoms with E-state index in [9.17, 15) is 24.5 Å². The van der Waals surface area contributed by atoms with Crippen molar-refractivity contribution in [3.05, 3.63) is 48.5 Å². The largest absolute Gasteiger partial charge is 0.762 e. The van der Waals surface area contributed by atoms with Crippen LogP contribution in [0.1, 0.15) is 11.8 Å². The lowest BCUT2D eigenvalue weighted by Crippen LogP contribution is -2.68. The molecule has 34 heavy (non-hydrogen) atoms. The zero-order chi connectivity index (χ0) is 24.5. The molecule has 0 bridgehead atoms. The Labute approximate surface area is 193 Å². The monoisotopic (exact) mass is 493 g/mol. The molecule has 0 radical (unpaired) electrons. The Morgan fingerprint density at radius 3 is 2.76 bits per heavy atom. The zero-order valence-electron chi connectivity index (χ0n) is 17.8. The molecule has 3 aromatic rings. The minimum absolute atomic E-state index is 0.121. The van der Waals surface area contributed by atoms with Gasteiger partial charge in [-0.15, -0.1) is 0 Å². The van der Waals surface area contributed by atoms with Crippen molar-refractivity contribution in [2.75, 3.05) is 12.3 Å². The summed E-state index contributed by atoms with van der Waals surface area (Å²) in [6.07, 6.45) is -2.56. The number of aliphatic hydroxyl groups excluding tert-OH is 2. The first kappa shape index (κ1) is 24.2. The van der Waals surface area contributed by atoms with Crippen LogP contribution < -0.4 is 21.4 Å². The van der Waals surface area contributed by atoms with Crippen LogP contribution >= 0.6 is 7.75 Å².